The van der Waals surface area contributed by atoms with Crippen LogP contribution in [-0.2, 0) is 0 Å². The largest absolute Gasteiger partial charge is 0.272 e. The summed E-state index contributed by atoms with van der Waals surface area (Å²) in [5.74, 6) is 0. The van der Waals surface area contributed by atoms with Gasteiger partial charge in [0.15, 0.2) is 0 Å². The van der Waals surface area contributed by atoms with E-state index in [-0.39, 0.29) is 10.6 Å². The van der Waals surface area contributed by atoms with Crippen molar-refractivity contribution in [1.82, 2.24) is 4.98 Å². The van der Waals surface area contributed by atoms with Gasteiger partial charge in [0.2, 0.25) is 0 Å². The van der Waals surface area contributed by atoms with Crippen LogP contribution in [0.5, 0.6) is 0 Å². The fourth-order valence-corrected chi connectivity index (χ4v) is 2.95. The molecule has 19 heavy (non-hydrogen) atoms. The maximum absolute atomic E-state index is 10.8. The van der Waals surface area contributed by atoms with Crippen LogP contribution < -0.4 is 0 Å². The number of hydrogen-bond donors (Lipinski definition) is 0. The Morgan fingerprint density at radius 3 is 2.68 bits per heavy atom. The SMILES string of the molecule is Cc1cc(-c2nc3ccccc3s2)ccc1[N+](=O)[O-]. The number of thiazole rings is 1. The number of benzene rings is 2. The second-order valence-corrected chi connectivity index (χ2v) is 5.28. The number of hydrogen-bond acceptors (Lipinski definition) is 4. The third kappa shape index (κ3) is 2.08. The van der Waals surface area contributed by atoms with Crippen LogP contribution >= 0.6 is 11.3 Å². The van der Waals surface area contributed by atoms with E-state index < -0.39 is 0 Å². The first-order chi connectivity index (χ1) is 9.15. The van der Waals surface area contributed by atoms with Crippen LogP contribution in [0, 0.1) is 17.0 Å². The lowest BCUT2D eigenvalue weighted by molar-refractivity contribution is -0.385. The van der Waals surface area contributed by atoms with Crippen molar-refractivity contribution in [2.45, 2.75) is 6.92 Å². The van der Waals surface area contributed by atoms with E-state index in [4.69, 9.17) is 0 Å². The molecule has 0 saturated heterocycles. The van der Waals surface area contributed by atoms with Crippen LogP contribution in [0.1, 0.15) is 5.56 Å². The molecular formula is C14H10N2O2S. The molecular weight excluding hydrogens is 260 g/mol. The van der Waals surface area contributed by atoms with E-state index in [1.165, 1.54) is 6.07 Å². The van der Waals surface area contributed by atoms with Crippen LogP contribution in [0.15, 0.2) is 42.5 Å². The number of para-hydroxylation sites is 1. The summed E-state index contributed by atoms with van der Waals surface area (Å²) < 4.78 is 1.12. The van der Waals surface area contributed by atoms with Crippen LogP contribution in [0.4, 0.5) is 5.69 Å². The smallest absolute Gasteiger partial charge is 0.258 e. The highest BCUT2D eigenvalue weighted by atomic mass is 32.1. The minimum Gasteiger partial charge on any atom is -0.258 e. The Morgan fingerprint density at radius 1 is 1.21 bits per heavy atom. The van der Waals surface area contributed by atoms with E-state index in [0.717, 1.165) is 20.8 Å². The van der Waals surface area contributed by atoms with Gasteiger partial charge in [-0.3, -0.25) is 10.1 Å². The Bertz CT molecular complexity index is 747. The normalized spacial score (nSPS) is 10.8. The number of nitro benzene ring substituents is 1. The summed E-state index contributed by atoms with van der Waals surface area (Å²) in [4.78, 5) is 15.0. The summed E-state index contributed by atoms with van der Waals surface area (Å²) in [6.07, 6.45) is 0. The zero-order valence-corrected chi connectivity index (χ0v) is 11.0. The van der Waals surface area contributed by atoms with Gasteiger partial charge in [0.05, 0.1) is 15.1 Å². The van der Waals surface area contributed by atoms with Gasteiger partial charge in [-0.25, -0.2) is 4.98 Å². The fourth-order valence-electron chi connectivity index (χ4n) is 1.99. The van der Waals surface area contributed by atoms with Gasteiger partial charge in [0.1, 0.15) is 5.01 Å². The molecule has 0 aliphatic carbocycles. The van der Waals surface area contributed by atoms with E-state index in [1.54, 1.807) is 24.3 Å². The van der Waals surface area contributed by atoms with Gasteiger partial charge < -0.3 is 0 Å². The van der Waals surface area contributed by atoms with E-state index in [1.807, 2.05) is 30.3 Å². The molecule has 0 saturated carbocycles. The Balaban J connectivity index is 2.11. The highest BCUT2D eigenvalue weighted by Crippen LogP contribution is 2.32. The molecule has 0 aliphatic rings. The first kappa shape index (κ1) is 11.8. The van der Waals surface area contributed by atoms with Crippen LogP contribution in [0.2, 0.25) is 0 Å². The predicted molar refractivity (Wildman–Crippen MR) is 76.4 cm³/mol. The van der Waals surface area contributed by atoms with E-state index in [2.05, 4.69) is 4.98 Å². The predicted octanol–water partition coefficient (Wildman–Crippen LogP) is 4.18. The standard InChI is InChI=1S/C14H10N2O2S/c1-9-8-10(6-7-12(9)16(17)18)14-15-11-4-2-3-5-13(11)19-14/h2-8H,1H3. The molecule has 1 heterocycles. The Kier molecular flexibility index (Phi) is 2.76. The zero-order valence-electron chi connectivity index (χ0n) is 10.2. The van der Waals surface area contributed by atoms with Gasteiger partial charge in [-0.15, -0.1) is 11.3 Å². The third-order valence-electron chi connectivity index (χ3n) is 2.93. The molecule has 0 unspecified atom stereocenters. The van der Waals surface area contributed by atoms with Gasteiger partial charge in [0.25, 0.3) is 5.69 Å². The number of rotatable bonds is 2. The molecule has 2 aromatic carbocycles. The van der Waals surface area contributed by atoms with Crippen molar-refractivity contribution >= 4 is 27.2 Å². The van der Waals surface area contributed by atoms with Crippen molar-refractivity contribution in [1.29, 1.82) is 0 Å². The molecule has 3 rings (SSSR count). The van der Waals surface area contributed by atoms with Crippen molar-refractivity contribution in [3.05, 3.63) is 58.1 Å². The lowest BCUT2D eigenvalue weighted by Crippen LogP contribution is -1.91. The number of fused-ring (bicyclic) bond motifs is 1. The van der Waals surface area contributed by atoms with E-state index in [9.17, 15) is 10.1 Å². The molecule has 0 N–H and O–H groups in total. The van der Waals surface area contributed by atoms with Crippen molar-refractivity contribution in [3.8, 4) is 10.6 Å². The van der Waals surface area contributed by atoms with Gasteiger partial charge in [-0.2, -0.15) is 0 Å². The molecule has 5 heteroatoms. The summed E-state index contributed by atoms with van der Waals surface area (Å²) in [5, 5.41) is 11.7. The second kappa shape index (κ2) is 4.44. The van der Waals surface area contributed by atoms with E-state index in [0.29, 0.717) is 5.56 Å². The van der Waals surface area contributed by atoms with Gasteiger partial charge in [-0.1, -0.05) is 12.1 Å². The third-order valence-corrected chi connectivity index (χ3v) is 4.02. The molecule has 0 radical (unpaired) electrons. The summed E-state index contributed by atoms with van der Waals surface area (Å²) in [7, 11) is 0. The Hall–Kier alpha value is -2.27. The van der Waals surface area contributed by atoms with Crippen molar-refractivity contribution in [2.24, 2.45) is 0 Å². The number of aryl methyl sites for hydroxylation is 1. The highest BCUT2D eigenvalue weighted by Gasteiger charge is 2.12. The van der Waals surface area contributed by atoms with Crippen molar-refractivity contribution < 1.29 is 4.92 Å². The summed E-state index contributed by atoms with van der Waals surface area (Å²) >= 11 is 1.59. The molecule has 4 nitrogen and oxygen atoms in total. The van der Waals surface area contributed by atoms with Crippen LogP contribution in [0.3, 0.4) is 0 Å². The monoisotopic (exact) mass is 270 g/mol. The first-order valence-electron chi connectivity index (χ1n) is 5.76. The lowest BCUT2D eigenvalue weighted by atomic mass is 10.1. The maximum atomic E-state index is 10.8. The van der Waals surface area contributed by atoms with Crippen molar-refractivity contribution in [2.75, 3.05) is 0 Å². The summed E-state index contributed by atoms with van der Waals surface area (Å²) in [6.45, 7) is 1.74. The van der Waals surface area contributed by atoms with Gasteiger partial charge in [0, 0.05) is 17.2 Å². The molecule has 0 atom stereocenters. The minimum atomic E-state index is -0.364. The average Bonchev–Trinajstić information content (AvgIpc) is 2.81. The number of aromatic nitrogens is 1. The van der Waals surface area contributed by atoms with Crippen molar-refractivity contribution in [3.63, 3.8) is 0 Å². The topological polar surface area (TPSA) is 56.0 Å². The molecule has 0 aliphatic heterocycles. The molecule has 3 aromatic rings. The first-order valence-corrected chi connectivity index (χ1v) is 6.58. The molecule has 0 spiro atoms. The second-order valence-electron chi connectivity index (χ2n) is 4.25. The van der Waals surface area contributed by atoms with Crippen LogP contribution in [0.25, 0.3) is 20.8 Å². The average molecular weight is 270 g/mol. The highest BCUT2D eigenvalue weighted by molar-refractivity contribution is 7.21. The zero-order chi connectivity index (χ0) is 13.4. The van der Waals surface area contributed by atoms with Gasteiger partial charge in [-0.05, 0) is 31.2 Å². The quantitative estimate of drug-likeness (QED) is 0.518. The fraction of sp³-hybridized carbons (Fsp3) is 0.0714. The number of nitrogens with zero attached hydrogens (tertiary/aromatic N) is 2. The molecule has 0 amide bonds. The van der Waals surface area contributed by atoms with E-state index >= 15 is 0 Å². The summed E-state index contributed by atoms with van der Waals surface area (Å²) in [5.41, 5.74) is 2.68. The Labute approximate surface area is 113 Å². The molecule has 94 valence electrons. The maximum Gasteiger partial charge on any atom is 0.272 e. The molecule has 0 fully saturated rings. The minimum absolute atomic E-state index is 0.143. The lowest BCUT2D eigenvalue weighted by Gasteiger charge is -1.99. The molecule has 0 bridgehead atoms. The summed E-state index contributed by atoms with van der Waals surface area (Å²) in [6, 6.07) is 13.0. The van der Waals surface area contributed by atoms with Gasteiger partial charge >= 0.3 is 0 Å². The number of nitro groups is 1. The van der Waals surface area contributed by atoms with Crippen LogP contribution in [-0.4, -0.2) is 9.91 Å². The Morgan fingerprint density at radius 2 is 2.00 bits per heavy atom. The molecule has 1 aromatic heterocycles.